The molecule has 0 fully saturated rings. The van der Waals surface area contributed by atoms with E-state index < -0.39 is 23.5 Å². The highest BCUT2D eigenvalue weighted by Gasteiger charge is 2.40. The Labute approximate surface area is 150 Å². The normalized spacial score (nSPS) is 11.6. The third-order valence-electron chi connectivity index (χ3n) is 3.56. The zero-order valence-electron chi connectivity index (χ0n) is 13.3. The van der Waals surface area contributed by atoms with Crippen molar-refractivity contribution in [3.63, 3.8) is 0 Å². The SMILES string of the molecule is COc1cccn2c(C(=O)NCc3ccc(Cl)nc3)c(C(F)(F)F)nc12. The monoisotopic (exact) mass is 384 g/mol. The van der Waals surface area contributed by atoms with E-state index in [4.69, 9.17) is 16.3 Å². The van der Waals surface area contributed by atoms with Gasteiger partial charge in [-0.3, -0.25) is 9.20 Å². The predicted molar refractivity (Wildman–Crippen MR) is 87.2 cm³/mol. The number of pyridine rings is 2. The maximum absolute atomic E-state index is 13.4. The van der Waals surface area contributed by atoms with Crippen LogP contribution >= 0.6 is 11.6 Å². The number of carbonyl (C=O) groups excluding carboxylic acids is 1. The fourth-order valence-corrected chi connectivity index (χ4v) is 2.51. The minimum Gasteiger partial charge on any atom is -0.493 e. The molecule has 0 aliphatic carbocycles. The zero-order valence-corrected chi connectivity index (χ0v) is 14.1. The molecule has 0 spiro atoms. The van der Waals surface area contributed by atoms with E-state index in [-0.39, 0.29) is 23.1 Å². The van der Waals surface area contributed by atoms with Crippen LogP contribution in [0.2, 0.25) is 5.15 Å². The number of alkyl halides is 3. The molecule has 1 amide bonds. The number of hydrogen-bond donors (Lipinski definition) is 1. The van der Waals surface area contributed by atoms with Crippen molar-refractivity contribution in [1.29, 1.82) is 0 Å². The average molecular weight is 385 g/mol. The Morgan fingerprint density at radius 2 is 2.12 bits per heavy atom. The van der Waals surface area contributed by atoms with Crippen molar-refractivity contribution in [2.45, 2.75) is 12.7 Å². The van der Waals surface area contributed by atoms with Gasteiger partial charge in [-0.25, -0.2) is 9.97 Å². The van der Waals surface area contributed by atoms with Gasteiger partial charge in [-0.2, -0.15) is 13.2 Å². The van der Waals surface area contributed by atoms with E-state index >= 15 is 0 Å². The molecule has 3 aromatic rings. The van der Waals surface area contributed by atoms with Crippen molar-refractivity contribution in [3.8, 4) is 5.75 Å². The van der Waals surface area contributed by atoms with Gasteiger partial charge in [-0.15, -0.1) is 0 Å². The van der Waals surface area contributed by atoms with Gasteiger partial charge in [0.05, 0.1) is 7.11 Å². The number of nitrogens with zero attached hydrogens (tertiary/aromatic N) is 3. The molecule has 0 aliphatic rings. The van der Waals surface area contributed by atoms with Gasteiger partial charge < -0.3 is 10.1 Å². The number of imidazole rings is 1. The molecule has 3 rings (SSSR count). The fourth-order valence-electron chi connectivity index (χ4n) is 2.39. The van der Waals surface area contributed by atoms with Crippen LogP contribution in [0.1, 0.15) is 21.7 Å². The van der Waals surface area contributed by atoms with Gasteiger partial charge in [0.15, 0.2) is 17.1 Å². The Morgan fingerprint density at radius 1 is 1.35 bits per heavy atom. The second kappa shape index (κ2) is 6.83. The van der Waals surface area contributed by atoms with Crippen LogP contribution in [0, 0.1) is 0 Å². The third-order valence-corrected chi connectivity index (χ3v) is 3.78. The standard InChI is InChI=1S/C16H12ClF3N4O2/c1-26-10-3-2-6-24-12(13(16(18,19)20)23-14(10)24)15(25)22-8-9-4-5-11(17)21-7-9/h2-7H,8H2,1H3,(H,22,25). The lowest BCUT2D eigenvalue weighted by Gasteiger charge is -2.09. The lowest BCUT2D eigenvalue weighted by molar-refractivity contribution is -0.141. The van der Waals surface area contributed by atoms with Gasteiger partial charge in [0.1, 0.15) is 10.8 Å². The highest BCUT2D eigenvalue weighted by molar-refractivity contribution is 6.29. The van der Waals surface area contributed by atoms with E-state index in [0.717, 1.165) is 4.40 Å². The van der Waals surface area contributed by atoms with Crippen LogP contribution in [0.3, 0.4) is 0 Å². The maximum Gasteiger partial charge on any atom is 0.435 e. The van der Waals surface area contributed by atoms with Crippen LogP contribution in [-0.2, 0) is 12.7 Å². The molecule has 3 heterocycles. The number of nitrogens with one attached hydrogen (secondary N) is 1. The summed E-state index contributed by atoms with van der Waals surface area (Å²) in [5.41, 5.74) is -1.41. The first-order chi connectivity index (χ1) is 12.3. The molecule has 10 heteroatoms. The molecule has 0 aliphatic heterocycles. The average Bonchev–Trinajstić information content (AvgIpc) is 3.01. The quantitative estimate of drug-likeness (QED) is 0.700. The Bertz CT molecular complexity index is 955. The molecular weight excluding hydrogens is 373 g/mol. The number of rotatable bonds is 4. The Balaban J connectivity index is 1.99. The molecule has 0 unspecified atom stereocenters. The second-order valence-electron chi connectivity index (χ2n) is 5.25. The predicted octanol–water partition coefficient (Wildman–Crippen LogP) is 3.34. The first kappa shape index (κ1) is 18.0. The van der Waals surface area contributed by atoms with Gasteiger partial charge in [0.2, 0.25) is 0 Å². The molecule has 1 N–H and O–H groups in total. The number of aromatic nitrogens is 3. The summed E-state index contributed by atoms with van der Waals surface area (Å²) in [6.45, 7) is -0.0164. The number of carbonyl (C=O) groups is 1. The maximum atomic E-state index is 13.4. The molecule has 0 radical (unpaired) electrons. The summed E-state index contributed by atoms with van der Waals surface area (Å²) in [5, 5.41) is 2.71. The van der Waals surface area contributed by atoms with Crippen LogP contribution in [-0.4, -0.2) is 27.4 Å². The first-order valence-electron chi connectivity index (χ1n) is 7.32. The van der Waals surface area contributed by atoms with Crippen molar-refractivity contribution < 1.29 is 22.7 Å². The number of ether oxygens (including phenoxy) is 1. The van der Waals surface area contributed by atoms with Crippen LogP contribution in [0.4, 0.5) is 13.2 Å². The summed E-state index contributed by atoms with van der Waals surface area (Å²) in [6.07, 6.45) is -2.06. The van der Waals surface area contributed by atoms with Crippen LogP contribution in [0.25, 0.3) is 5.65 Å². The van der Waals surface area contributed by atoms with E-state index in [0.29, 0.717) is 5.56 Å². The highest BCUT2D eigenvalue weighted by atomic mass is 35.5. The molecule has 0 aromatic carbocycles. The van der Waals surface area contributed by atoms with Crippen molar-refractivity contribution in [2.75, 3.05) is 7.11 Å². The minimum absolute atomic E-state index is 0.0164. The van der Waals surface area contributed by atoms with Crippen LogP contribution in [0.5, 0.6) is 5.75 Å². The number of methoxy groups -OCH3 is 1. The number of halogens is 4. The topological polar surface area (TPSA) is 68.5 Å². The van der Waals surface area contributed by atoms with E-state index in [9.17, 15) is 18.0 Å². The van der Waals surface area contributed by atoms with Gasteiger partial charge >= 0.3 is 6.18 Å². The van der Waals surface area contributed by atoms with E-state index in [1.165, 1.54) is 37.7 Å². The summed E-state index contributed by atoms with van der Waals surface area (Å²) < 4.78 is 46.2. The molecule has 0 atom stereocenters. The molecule has 3 aromatic heterocycles. The number of fused-ring (bicyclic) bond motifs is 1. The van der Waals surface area contributed by atoms with E-state index in [1.54, 1.807) is 6.07 Å². The number of amides is 1. The van der Waals surface area contributed by atoms with Gasteiger partial charge in [-0.05, 0) is 23.8 Å². The lowest BCUT2D eigenvalue weighted by Crippen LogP contribution is -2.27. The first-order valence-corrected chi connectivity index (χ1v) is 7.70. The molecule has 0 bridgehead atoms. The molecule has 26 heavy (non-hydrogen) atoms. The smallest absolute Gasteiger partial charge is 0.435 e. The van der Waals surface area contributed by atoms with Crippen LogP contribution < -0.4 is 10.1 Å². The van der Waals surface area contributed by atoms with Gasteiger partial charge in [0, 0.05) is 18.9 Å². The summed E-state index contributed by atoms with van der Waals surface area (Å²) in [4.78, 5) is 19.9. The summed E-state index contributed by atoms with van der Waals surface area (Å²) >= 11 is 5.67. The van der Waals surface area contributed by atoms with Crippen molar-refractivity contribution in [2.24, 2.45) is 0 Å². The minimum atomic E-state index is -4.80. The van der Waals surface area contributed by atoms with Gasteiger partial charge in [0.25, 0.3) is 5.91 Å². The van der Waals surface area contributed by atoms with Crippen LogP contribution in [0.15, 0.2) is 36.7 Å². The Hall–Kier alpha value is -2.81. The second-order valence-corrected chi connectivity index (χ2v) is 5.64. The summed E-state index contributed by atoms with van der Waals surface area (Å²) in [7, 11) is 1.31. The van der Waals surface area contributed by atoms with Gasteiger partial charge in [-0.1, -0.05) is 17.7 Å². The Kier molecular flexibility index (Phi) is 4.73. The zero-order chi connectivity index (χ0) is 18.9. The highest BCUT2D eigenvalue weighted by Crippen LogP contribution is 2.33. The van der Waals surface area contributed by atoms with Crippen molar-refractivity contribution in [1.82, 2.24) is 19.7 Å². The lowest BCUT2D eigenvalue weighted by atomic mass is 10.2. The summed E-state index contributed by atoms with van der Waals surface area (Å²) in [6, 6.07) is 6.05. The van der Waals surface area contributed by atoms with E-state index in [1.807, 2.05) is 0 Å². The third kappa shape index (κ3) is 3.43. The molecular formula is C16H12ClF3N4O2. The van der Waals surface area contributed by atoms with Crippen molar-refractivity contribution >= 4 is 23.2 Å². The molecule has 136 valence electrons. The molecule has 6 nitrogen and oxygen atoms in total. The molecule has 0 saturated carbocycles. The molecule has 0 saturated heterocycles. The Morgan fingerprint density at radius 3 is 2.73 bits per heavy atom. The fraction of sp³-hybridized carbons (Fsp3) is 0.188. The largest absolute Gasteiger partial charge is 0.493 e. The number of hydrogen-bond acceptors (Lipinski definition) is 4. The van der Waals surface area contributed by atoms with E-state index in [2.05, 4.69) is 15.3 Å². The van der Waals surface area contributed by atoms with Crippen molar-refractivity contribution in [3.05, 3.63) is 58.8 Å². The summed E-state index contributed by atoms with van der Waals surface area (Å²) in [5.74, 6) is -0.799.